The van der Waals surface area contributed by atoms with Crippen LogP contribution in [0.2, 0.25) is 0 Å². The van der Waals surface area contributed by atoms with Crippen LogP contribution in [0.25, 0.3) is 10.6 Å². The Morgan fingerprint density at radius 3 is 2.73 bits per heavy atom. The molecule has 0 unspecified atom stereocenters. The van der Waals surface area contributed by atoms with Crippen molar-refractivity contribution in [1.82, 2.24) is 4.98 Å². The van der Waals surface area contributed by atoms with Crippen molar-refractivity contribution in [3.8, 4) is 22.9 Å². The Labute approximate surface area is 162 Å². The molecule has 1 aromatic heterocycles. The highest BCUT2D eigenvalue weighted by Gasteiger charge is 2.03. The van der Waals surface area contributed by atoms with Crippen LogP contribution in [0.15, 0.2) is 60.0 Å². The van der Waals surface area contributed by atoms with Crippen molar-refractivity contribution in [2.45, 2.75) is 12.7 Å². The van der Waals surface area contributed by atoms with Crippen molar-refractivity contribution < 1.29 is 4.79 Å². The van der Waals surface area contributed by atoms with Gasteiger partial charge in [-0.1, -0.05) is 49.2 Å². The van der Waals surface area contributed by atoms with Crippen molar-refractivity contribution in [2.24, 2.45) is 0 Å². The van der Waals surface area contributed by atoms with Gasteiger partial charge in [0.05, 0.1) is 5.69 Å². The molecule has 2 aromatic carbocycles. The van der Waals surface area contributed by atoms with Crippen LogP contribution in [0, 0.1) is 12.3 Å². The number of rotatable bonds is 6. The van der Waals surface area contributed by atoms with Crippen LogP contribution < -0.4 is 5.32 Å². The largest absolute Gasteiger partial charge is 0.329 e. The Kier molecular flexibility index (Phi) is 8.47. The van der Waals surface area contributed by atoms with Crippen LogP contribution >= 0.6 is 23.1 Å². The molecule has 0 bridgehead atoms. The van der Waals surface area contributed by atoms with Gasteiger partial charge in [-0.2, -0.15) is 11.8 Å². The molecule has 0 saturated carbocycles. The zero-order chi connectivity index (χ0) is 18.6. The van der Waals surface area contributed by atoms with Gasteiger partial charge in [-0.25, -0.2) is 4.98 Å². The summed E-state index contributed by atoms with van der Waals surface area (Å²) in [5, 5.41) is 5.79. The minimum absolute atomic E-state index is 0.621. The number of amides is 1. The second kappa shape index (κ2) is 11.1. The molecule has 1 heterocycles. The average Bonchev–Trinajstić information content (AvgIpc) is 3.17. The first-order valence-corrected chi connectivity index (χ1v) is 10.1. The predicted molar refractivity (Wildman–Crippen MR) is 113 cm³/mol. The van der Waals surface area contributed by atoms with Crippen LogP contribution in [0.3, 0.4) is 0 Å². The van der Waals surface area contributed by atoms with Crippen molar-refractivity contribution in [1.29, 1.82) is 0 Å². The van der Waals surface area contributed by atoms with E-state index in [2.05, 4.69) is 52.8 Å². The lowest BCUT2D eigenvalue weighted by Gasteiger charge is -1.96. The van der Waals surface area contributed by atoms with Crippen molar-refractivity contribution in [3.05, 3.63) is 71.2 Å². The van der Waals surface area contributed by atoms with Crippen molar-refractivity contribution in [3.63, 3.8) is 0 Å². The predicted octanol–water partition coefficient (Wildman–Crippen LogP) is 5.30. The molecule has 5 heteroatoms. The van der Waals surface area contributed by atoms with E-state index in [0.717, 1.165) is 27.8 Å². The second-order valence-corrected chi connectivity index (χ2v) is 7.27. The molecule has 0 aliphatic rings. The van der Waals surface area contributed by atoms with E-state index in [1.807, 2.05) is 17.8 Å². The van der Waals surface area contributed by atoms with E-state index in [9.17, 15) is 4.79 Å². The highest BCUT2D eigenvalue weighted by molar-refractivity contribution is 7.98. The summed E-state index contributed by atoms with van der Waals surface area (Å²) < 4.78 is 0. The third kappa shape index (κ3) is 6.40. The first-order valence-electron chi connectivity index (χ1n) is 8.11. The number of anilines is 1. The number of hydrogen-bond donors (Lipinski definition) is 1. The maximum absolute atomic E-state index is 10.0. The third-order valence-electron chi connectivity index (χ3n) is 3.28. The maximum Gasteiger partial charge on any atom is 0.211 e. The number of carbonyl (C=O) groups is 1. The fourth-order valence-electron chi connectivity index (χ4n) is 2.06. The van der Waals surface area contributed by atoms with Gasteiger partial charge >= 0.3 is 0 Å². The number of nitrogens with zero attached hydrogens (tertiary/aromatic N) is 1. The lowest BCUT2D eigenvalue weighted by atomic mass is 10.2. The monoisotopic (exact) mass is 380 g/mol. The molecule has 132 valence electrons. The van der Waals surface area contributed by atoms with E-state index in [-0.39, 0.29) is 0 Å². The lowest BCUT2D eigenvalue weighted by Crippen LogP contribution is -1.92. The molecular weight excluding hydrogens is 360 g/mol. The lowest BCUT2D eigenvalue weighted by molar-refractivity contribution is -0.105. The standard InChI is InChI=1S/C12H13NS2.C9H7NO/c1-2-14-8-11-9-15-12(13-11)10-6-4-3-5-7-10;1-2-8-4-3-5-9(6-8)10-7-11/h3-7,9H,2,8H2,1H3;1,3-7H,(H,10,11). The molecule has 0 aliphatic heterocycles. The molecule has 0 fully saturated rings. The van der Waals surface area contributed by atoms with E-state index in [1.165, 1.54) is 11.3 Å². The van der Waals surface area contributed by atoms with Gasteiger partial charge in [-0.05, 0) is 24.0 Å². The number of thioether (sulfide) groups is 1. The SMILES string of the molecule is C#Cc1cccc(NC=O)c1.CCSCc1csc(-c2ccccc2)n1. The minimum Gasteiger partial charge on any atom is -0.329 e. The molecule has 0 spiro atoms. The van der Waals surface area contributed by atoms with Gasteiger partial charge in [-0.15, -0.1) is 17.8 Å². The zero-order valence-corrected chi connectivity index (χ0v) is 16.1. The number of nitrogens with one attached hydrogen (secondary N) is 1. The second-order valence-electron chi connectivity index (χ2n) is 5.13. The topological polar surface area (TPSA) is 42.0 Å². The fraction of sp³-hybridized carbons (Fsp3) is 0.143. The van der Waals surface area contributed by atoms with E-state index in [4.69, 9.17) is 6.42 Å². The quantitative estimate of drug-likeness (QED) is 0.466. The summed E-state index contributed by atoms with van der Waals surface area (Å²) in [5.74, 6) is 4.65. The Bertz CT molecular complexity index is 854. The Morgan fingerprint density at radius 2 is 2.04 bits per heavy atom. The molecule has 1 amide bonds. The number of thiazole rings is 1. The first-order chi connectivity index (χ1) is 12.8. The number of terminal acetylenes is 1. The van der Waals surface area contributed by atoms with Crippen LogP contribution in [0.1, 0.15) is 18.2 Å². The van der Waals surface area contributed by atoms with Crippen LogP contribution in [0.4, 0.5) is 5.69 Å². The van der Waals surface area contributed by atoms with Crippen molar-refractivity contribution in [2.75, 3.05) is 11.1 Å². The Balaban J connectivity index is 0.000000197. The van der Waals surface area contributed by atoms with Crippen LogP contribution in [-0.2, 0) is 10.5 Å². The number of hydrogen-bond acceptors (Lipinski definition) is 4. The summed E-state index contributed by atoms with van der Waals surface area (Å²) in [6, 6.07) is 17.4. The summed E-state index contributed by atoms with van der Waals surface area (Å²) in [6.45, 7) is 2.18. The third-order valence-corrected chi connectivity index (χ3v) is 5.13. The molecule has 26 heavy (non-hydrogen) atoms. The van der Waals surface area contributed by atoms with Crippen LogP contribution in [-0.4, -0.2) is 17.1 Å². The smallest absolute Gasteiger partial charge is 0.211 e. The summed E-state index contributed by atoms with van der Waals surface area (Å²) in [4.78, 5) is 14.6. The molecule has 0 aliphatic carbocycles. The molecule has 3 nitrogen and oxygen atoms in total. The molecular formula is C21H20N2OS2. The van der Waals surface area contributed by atoms with Gasteiger partial charge in [0.25, 0.3) is 0 Å². The summed E-state index contributed by atoms with van der Waals surface area (Å²) in [5.41, 5.74) is 3.90. The van der Waals surface area contributed by atoms with E-state index >= 15 is 0 Å². The average molecular weight is 381 g/mol. The summed E-state index contributed by atoms with van der Waals surface area (Å²) in [6.07, 6.45) is 5.77. The van der Waals surface area contributed by atoms with Gasteiger partial charge < -0.3 is 5.32 Å². The maximum atomic E-state index is 10.0. The molecule has 3 rings (SSSR count). The fourth-order valence-corrected chi connectivity index (χ4v) is 3.55. The van der Waals surface area contributed by atoms with E-state index < -0.39 is 0 Å². The van der Waals surface area contributed by atoms with Gasteiger partial charge in [0.15, 0.2) is 0 Å². The Morgan fingerprint density at radius 1 is 1.23 bits per heavy atom. The molecule has 3 aromatic rings. The zero-order valence-electron chi connectivity index (χ0n) is 14.5. The normalized spacial score (nSPS) is 9.54. The van der Waals surface area contributed by atoms with Gasteiger partial charge in [0.1, 0.15) is 5.01 Å². The van der Waals surface area contributed by atoms with Gasteiger partial charge in [-0.3, -0.25) is 4.79 Å². The summed E-state index contributed by atoms with van der Waals surface area (Å²) in [7, 11) is 0. The Hall–Kier alpha value is -2.55. The minimum atomic E-state index is 0.621. The molecule has 1 N–H and O–H groups in total. The molecule has 0 saturated heterocycles. The van der Waals surface area contributed by atoms with Crippen molar-refractivity contribution >= 4 is 35.2 Å². The number of aromatic nitrogens is 1. The molecule has 0 radical (unpaired) electrons. The van der Waals surface area contributed by atoms with Gasteiger partial charge in [0, 0.05) is 27.9 Å². The van der Waals surface area contributed by atoms with E-state index in [0.29, 0.717) is 6.41 Å². The first kappa shape index (κ1) is 19.8. The summed E-state index contributed by atoms with van der Waals surface area (Å²) >= 11 is 3.64. The number of benzene rings is 2. The van der Waals surface area contributed by atoms with Gasteiger partial charge in [0.2, 0.25) is 6.41 Å². The molecule has 0 atom stereocenters. The number of carbonyl (C=O) groups excluding carboxylic acids is 1. The van der Waals surface area contributed by atoms with E-state index in [1.54, 1.807) is 35.6 Å². The highest BCUT2D eigenvalue weighted by atomic mass is 32.2. The highest BCUT2D eigenvalue weighted by Crippen LogP contribution is 2.24. The van der Waals surface area contributed by atoms with Crippen LogP contribution in [0.5, 0.6) is 0 Å².